The lowest BCUT2D eigenvalue weighted by molar-refractivity contribution is 0.249. The molecular weight excluding hydrogens is 166 g/mol. The van der Waals surface area contributed by atoms with Crippen molar-refractivity contribution >= 4 is 10.3 Å². The smallest absolute Gasteiger partial charge is 0.258 e. The van der Waals surface area contributed by atoms with Crippen LogP contribution in [0.15, 0.2) is 0 Å². The first-order chi connectivity index (χ1) is 4.99. The summed E-state index contributed by atoms with van der Waals surface area (Å²) < 4.78 is 25.1. The molecule has 0 aromatic carbocycles. The van der Waals surface area contributed by atoms with Crippen LogP contribution in [0.25, 0.3) is 0 Å². The van der Waals surface area contributed by atoms with E-state index >= 15 is 0 Å². The van der Waals surface area contributed by atoms with Gasteiger partial charge in [0.05, 0.1) is 6.61 Å². The molecule has 1 atom stereocenters. The quantitative estimate of drug-likeness (QED) is 0.672. The van der Waals surface area contributed by atoms with E-state index in [1.165, 1.54) is 12.8 Å². The van der Waals surface area contributed by atoms with Crippen molar-refractivity contribution in [2.24, 2.45) is 17.0 Å². The molecule has 5 heteroatoms. The predicted molar refractivity (Wildman–Crippen MR) is 40.9 cm³/mol. The Labute approximate surface area is 67.0 Å². The lowest BCUT2D eigenvalue weighted by Gasteiger charge is -2.07. The number of rotatable bonds is 4. The molecule has 66 valence electrons. The summed E-state index contributed by atoms with van der Waals surface area (Å²) in [6, 6.07) is 0. The Balaban J connectivity index is 2.21. The summed E-state index contributed by atoms with van der Waals surface area (Å²) in [5, 5.41) is 4.65. The standard InChI is InChI=1S/C6H13NO3S/c1-5(6-2-3-6)4-10-11(7,8)9/h5-6H,2-4H2,1H3,(H2,7,8,9). The van der Waals surface area contributed by atoms with E-state index in [1.54, 1.807) is 0 Å². The van der Waals surface area contributed by atoms with Crippen LogP contribution in [0, 0.1) is 11.8 Å². The predicted octanol–water partition coefficient (Wildman–Crippen LogP) is 0.253. The summed E-state index contributed by atoms with van der Waals surface area (Å²) >= 11 is 0. The van der Waals surface area contributed by atoms with Crippen LogP contribution in [0.2, 0.25) is 0 Å². The lowest BCUT2D eigenvalue weighted by Crippen LogP contribution is -2.20. The summed E-state index contributed by atoms with van der Waals surface area (Å²) in [6.07, 6.45) is 2.38. The summed E-state index contributed by atoms with van der Waals surface area (Å²) in [4.78, 5) is 0. The van der Waals surface area contributed by atoms with E-state index in [1.807, 2.05) is 6.92 Å². The fourth-order valence-corrected chi connectivity index (χ4v) is 1.41. The van der Waals surface area contributed by atoms with Gasteiger partial charge in [-0.1, -0.05) is 6.92 Å². The van der Waals surface area contributed by atoms with Crippen molar-refractivity contribution in [2.75, 3.05) is 6.61 Å². The molecule has 4 nitrogen and oxygen atoms in total. The van der Waals surface area contributed by atoms with E-state index in [0.717, 1.165) is 0 Å². The van der Waals surface area contributed by atoms with E-state index in [4.69, 9.17) is 0 Å². The third kappa shape index (κ3) is 3.69. The Morgan fingerprint density at radius 2 is 2.18 bits per heavy atom. The Bertz CT molecular complexity index is 220. The molecule has 1 unspecified atom stereocenters. The van der Waals surface area contributed by atoms with Gasteiger partial charge in [0.15, 0.2) is 0 Å². The van der Waals surface area contributed by atoms with E-state index in [9.17, 15) is 8.42 Å². The fraction of sp³-hybridized carbons (Fsp3) is 1.00. The molecule has 0 amide bonds. The van der Waals surface area contributed by atoms with Crippen molar-refractivity contribution in [3.05, 3.63) is 0 Å². The molecule has 2 N–H and O–H groups in total. The molecule has 0 saturated heterocycles. The zero-order valence-corrected chi connectivity index (χ0v) is 7.30. The van der Waals surface area contributed by atoms with Crippen LogP contribution in [-0.2, 0) is 14.5 Å². The molecule has 11 heavy (non-hydrogen) atoms. The molecule has 0 heterocycles. The van der Waals surface area contributed by atoms with Crippen LogP contribution in [0.1, 0.15) is 19.8 Å². The van der Waals surface area contributed by atoms with Crippen molar-refractivity contribution in [1.29, 1.82) is 0 Å². The maximum absolute atomic E-state index is 10.3. The van der Waals surface area contributed by atoms with Gasteiger partial charge >= 0.3 is 10.3 Å². The second-order valence-electron chi connectivity index (χ2n) is 3.09. The van der Waals surface area contributed by atoms with Gasteiger partial charge in [0.1, 0.15) is 0 Å². The summed E-state index contributed by atoms with van der Waals surface area (Å²) in [6.45, 7) is 2.20. The Kier molecular flexibility index (Phi) is 2.51. The van der Waals surface area contributed by atoms with Gasteiger partial charge < -0.3 is 0 Å². The topological polar surface area (TPSA) is 69.4 Å². The monoisotopic (exact) mass is 179 g/mol. The molecule has 0 radical (unpaired) electrons. The average molecular weight is 179 g/mol. The van der Waals surface area contributed by atoms with Crippen molar-refractivity contribution in [3.63, 3.8) is 0 Å². The molecule has 0 aliphatic heterocycles. The SMILES string of the molecule is CC(COS(N)(=O)=O)C1CC1. The fourth-order valence-electron chi connectivity index (χ4n) is 1.00. The molecule has 1 fully saturated rings. The third-order valence-corrected chi connectivity index (χ3v) is 2.39. The lowest BCUT2D eigenvalue weighted by atomic mass is 10.1. The van der Waals surface area contributed by atoms with Crippen LogP contribution < -0.4 is 5.14 Å². The highest BCUT2D eigenvalue weighted by atomic mass is 32.2. The number of nitrogens with two attached hydrogens (primary N) is 1. The Hall–Kier alpha value is -0.130. The number of hydrogen-bond donors (Lipinski definition) is 1. The van der Waals surface area contributed by atoms with Crippen molar-refractivity contribution in [2.45, 2.75) is 19.8 Å². The van der Waals surface area contributed by atoms with Crippen LogP contribution in [0.3, 0.4) is 0 Å². The summed E-state index contributed by atoms with van der Waals surface area (Å²) in [5.41, 5.74) is 0. The molecule has 1 aliphatic rings. The first-order valence-electron chi connectivity index (χ1n) is 3.66. The molecule has 0 spiro atoms. The minimum absolute atomic E-state index is 0.226. The first kappa shape index (κ1) is 8.96. The molecule has 0 aromatic rings. The van der Waals surface area contributed by atoms with Gasteiger partial charge in [-0.15, -0.1) is 0 Å². The number of hydrogen-bond acceptors (Lipinski definition) is 3. The molecule has 0 aromatic heterocycles. The minimum atomic E-state index is -3.72. The van der Waals surface area contributed by atoms with E-state index in [2.05, 4.69) is 9.32 Å². The zero-order valence-electron chi connectivity index (χ0n) is 6.49. The van der Waals surface area contributed by atoms with Crippen molar-refractivity contribution < 1.29 is 12.6 Å². The highest BCUT2D eigenvalue weighted by molar-refractivity contribution is 7.84. The normalized spacial score (nSPS) is 21.6. The summed E-state index contributed by atoms with van der Waals surface area (Å²) in [5.74, 6) is 0.963. The van der Waals surface area contributed by atoms with Crippen molar-refractivity contribution in [3.8, 4) is 0 Å². The van der Waals surface area contributed by atoms with E-state index in [-0.39, 0.29) is 6.61 Å². The van der Waals surface area contributed by atoms with Gasteiger partial charge in [-0.05, 0) is 24.7 Å². The average Bonchev–Trinajstić information content (AvgIpc) is 2.61. The first-order valence-corrected chi connectivity index (χ1v) is 5.13. The minimum Gasteiger partial charge on any atom is -0.258 e. The largest absolute Gasteiger partial charge is 0.333 e. The second-order valence-corrected chi connectivity index (χ2v) is 4.31. The highest BCUT2D eigenvalue weighted by Crippen LogP contribution is 2.36. The molecule has 1 saturated carbocycles. The molecular formula is C6H13NO3S. The van der Waals surface area contributed by atoms with Crippen LogP contribution in [0.5, 0.6) is 0 Å². The van der Waals surface area contributed by atoms with Crippen LogP contribution in [0.4, 0.5) is 0 Å². The Morgan fingerprint density at radius 3 is 2.55 bits per heavy atom. The van der Waals surface area contributed by atoms with Gasteiger partial charge in [-0.2, -0.15) is 8.42 Å². The van der Waals surface area contributed by atoms with Gasteiger partial charge in [0, 0.05) is 0 Å². The maximum atomic E-state index is 10.3. The third-order valence-electron chi connectivity index (χ3n) is 1.92. The second kappa shape index (κ2) is 3.08. The summed E-state index contributed by atoms with van der Waals surface area (Å²) in [7, 11) is -3.72. The van der Waals surface area contributed by atoms with Gasteiger partial charge in [-0.25, -0.2) is 5.14 Å². The van der Waals surface area contributed by atoms with Gasteiger partial charge in [0.25, 0.3) is 0 Å². The van der Waals surface area contributed by atoms with Crippen molar-refractivity contribution in [1.82, 2.24) is 0 Å². The molecule has 1 rings (SSSR count). The Morgan fingerprint density at radius 1 is 1.64 bits per heavy atom. The maximum Gasteiger partial charge on any atom is 0.333 e. The van der Waals surface area contributed by atoms with Crippen LogP contribution >= 0.6 is 0 Å². The van der Waals surface area contributed by atoms with Gasteiger partial charge in [-0.3, -0.25) is 4.18 Å². The molecule has 1 aliphatic carbocycles. The van der Waals surface area contributed by atoms with Crippen LogP contribution in [-0.4, -0.2) is 15.0 Å². The van der Waals surface area contributed by atoms with Gasteiger partial charge in [0.2, 0.25) is 0 Å². The highest BCUT2D eigenvalue weighted by Gasteiger charge is 2.28. The van der Waals surface area contributed by atoms with E-state index in [0.29, 0.717) is 11.8 Å². The molecule has 0 bridgehead atoms. The zero-order chi connectivity index (χ0) is 8.48. The van der Waals surface area contributed by atoms with E-state index < -0.39 is 10.3 Å².